The Morgan fingerprint density at radius 3 is 1.90 bits per heavy atom. The Hall–Kier alpha value is -1.68. The highest BCUT2D eigenvalue weighted by molar-refractivity contribution is 7.83. The molecule has 0 saturated carbocycles. The predicted octanol–water partition coefficient (Wildman–Crippen LogP) is 4.75. The van der Waals surface area contributed by atoms with Gasteiger partial charge in [-0.2, -0.15) is 0 Å². The lowest BCUT2D eigenvalue weighted by molar-refractivity contribution is 0.157. The van der Waals surface area contributed by atoms with E-state index in [0.29, 0.717) is 38.4 Å². The zero-order valence-electron chi connectivity index (χ0n) is 26.6. The number of ether oxygens (including phenoxy) is 1. The van der Waals surface area contributed by atoms with Crippen LogP contribution in [-0.4, -0.2) is 114 Å². The Labute approximate surface area is 252 Å². The van der Waals surface area contributed by atoms with Crippen LogP contribution >= 0.6 is 15.6 Å². The summed E-state index contributed by atoms with van der Waals surface area (Å²) in [6.45, 7) is 12.2. The largest absolute Gasteiger partial charge is 0.489 e. The first-order valence-electron chi connectivity index (χ1n) is 14.4. The average Bonchev–Trinajstić information content (AvgIpc) is 2.89. The number of benzene rings is 1. The molecule has 0 aliphatic carbocycles. The molecule has 0 spiro atoms. The van der Waals surface area contributed by atoms with Gasteiger partial charge in [0.05, 0.1) is 6.54 Å². The zero-order chi connectivity index (χ0) is 31.1. The number of rotatable bonds is 9. The topological polar surface area (TPSA) is 90.8 Å². The fourth-order valence-corrected chi connectivity index (χ4v) is 15.8. The molecule has 3 heterocycles. The summed E-state index contributed by atoms with van der Waals surface area (Å²) >= 11 is 0. The molecule has 42 heavy (non-hydrogen) atoms. The van der Waals surface area contributed by atoms with Crippen LogP contribution in [0.4, 0.5) is 15.9 Å². The normalized spacial score (nSPS) is 22.7. The summed E-state index contributed by atoms with van der Waals surface area (Å²) in [4.78, 5) is 31.5. The number of hydrogen-bond donors (Lipinski definition) is 3. The Balaban J connectivity index is 1.60. The van der Waals surface area contributed by atoms with Crippen molar-refractivity contribution in [2.75, 3.05) is 84.8 Å². The van der Waals surface area contributed by atoms with E-state index >= 15 is 4.39 Å². The molecule has 2 aromatic rings. The van der Waals surface area contributed by atoms with E-state index in [0.717, 1.165) is 5.82 Å². The first-order valence-corrected chi connectivity index (χ1v) is 17.8. The van der Waals surface area contributed by atoms with E-state index in [4.69, 9.17) is 4.74 Å². The van der Waals surface area contributed by atoms with Crippen LogP contribution < -0.4 is 15.0 Å². The van der Waals surface area contributed by atoms with Crippen molar-refractivity contribution in [3.8, 4) is 5.75 Å². The molecule has 1 aromatic heterocycles. The molecule has 2 aliphatic rings. The van der Waals surface area contributed by atoms with Gasteiger partial charge in [-0.25, -0.2) is 9.37 Å². The molecule has 3 N–H and O–H groups in total. The fourth-order valence-electron chi connectivity index (χ4n) is 6.49. The molecular weight excluding hydrogens is 575 g/mol. The highest BCUT2D eigenvalue weighted by atomic mass is 31.3. The van der Waals surface area contributed by atoms with Gasteiger partial charge in [0.1, 0.15) is 28.0 Å². The number of aromatic nitrogens is 1. The van der Waals surface area contributed by atoms with E-state index in [1.165, 1.54) is 6.07 Å². The minimum atomic E-state index is -3.13. The third-order valence-electron chi connectivity index (χ3n) is 8.25. The molecule has 0 unspecified atom stereocenters. The van der Waals surface area contributed by atoms with Crippen molar-refractivity contribution < 1.29 is 18.9 Å². The fraction of sp³-hybridized carbons (Fsp3) is 0.621. The predicted molar refractivity (Wildman–Crippen MR) is 173 cm³/mol. The summed E-state index contributed by atoms with van der Waals surface area (Å²) in [6.07, 6.45) is 1.73. The minimum Gasteiger partial charge on any atom is -0.489 e. The zero-order valence-corrected chi connectivity index (χ0v) is 28.4. The van der Waals surface area contributed by atoms with Crippen LogP contribution in [0.2, 0.25) is 0 Å². The molecule has 2 aliphatic heterocycles. The van der Waals surface area contributed by atoms with Gasteiger partial charge in [0.2, 0.25) is 0 Å². The first-order chi connectivity index (χ1) is 19.5. The van der Waals surface area contributed by atoms with E-state index in [-0.39, 0.29) is 23.2 Å². The minimum absolute atomic E-state index is 0.0383. The molecular formula is C29H50FN7O3P2. The maximum absolute atomic E-state index is 15.4. The Morgan fingerprint density at radius 2 is 1.45 bits per heavy atom. The summed E-state index contributed by atoms with van der Waals surface area (Å²) in [5, 5.41) is 3.46. The molecule has 2 fully saturated rings. The molecule has 4 rings (SSSR count). The smallest absolute Gasteiger partial charge is 0.167 e. The van der Waals surface area contributed by atoms with E-state index in [1.807, 2.05) is 77.0 Å². The molecule has 10 nitrogen and oxygen atoms in total. The summed E-state index contributed by atoms with van der Waals surface area (Å²) < 4.78 is 29.2. The van der Waals surface area contributed by atoms with E-state index in [9.17, 15) is 9.79 Å². The van der Waals surface area contributed by atoms with Gasteiger partial charge in [-0.05, 0) is 63.3 Å². The van der Waals surface area contributed by atoms with E-state index < -0.39 is 26.9 Å². The van der Waals surface area contributed by atoms with Crippen LogP contribution in [0.1, 0.15) is 27.7 Å². The summed E-state index contributed by atoms with van der Waals surface area (Å²) in [6, 6.07) is 10.5. The van der Waals surface area contributed by atoms with Crippen LogP contribution in [0.5, 0.6) is 5.75 Å². The standard InChI is InChI=1S/C29H50FN7O3P2/c1-28(2)19-34(6)41(38,35(7)20-28)27(42(39)36(8)21-29(3,4)22-37(42)9)32-23-13-14-25(24(30)18-23)40-17-16-33(5)26-12-10-11-15-31-26/h10-15,18,27,32,38-39H,16-17,19-22H2,1-9H3. The summed E-state index contributed by atoms with van der Waals surface area (Å²) in [5.41, 5.74) is -0.344. The van der Waals surface area contributed by atoms with Crippen LogP contribution in [0.3, 0.4) is 0 Å². The quantitative estimate of drug-likeness (QED) is 0.340. The van der Waals surface area contributed by atoms with Crippen LogP contribution in [0.15, 0.2) is 42.6 Å². The summed E-state index contributed by atoms with van der Waals surface area (Å²) in [7, 11) is 3.37. The van der Waals surface area contributed by atoms with Crippen molar-refractivity contribution in [3.05, 3.63) is 48.4 Å². The number of hydrogen-bond acceptors (Lipinski definition) is 10. The third kappa shape index (κ3) is 6.69. The number of pyridine rings is 1. The molecule has 0 bridgehead atoms. The highest BCUT2D eigenvalue weighted by Gasteiger charge is 2.61. The molecule has 1 aromatic carbocycles. The van der Waals surface area contributed by atoms with Crippen molar-refractivity contribution in [1.29, 1.82) is 0 Å². The monoisotopic (exact) mass is 625 g/mol. The van der Waals surface area contributed by atoms with Crippen LogP contribution in [-0.2, 0) is 0 Å². The summed E-state index contributed by atoms with van der Waals surface area (Å²) in [5.74, 6) is 0.459. The van der Waals surface area contributed by atoms with Crippen molar-refractivity contribution in [2.24, 2.45) is 10.8 Å². The lowest BCUT2D eigenvalue weighted by Crippen LogP contribution is -2.58. The molecule has 13 heteroatoms. The van der Waals surface area contributed by atoms with Gasteiger partial charge < -0.3 is 24.7 Å². The van der Waals surface area contributed by atoms with Gasteiger partial charge in [-0.15, -0.1) is 0 Å². The van der Waals surface area contributed by atoms with E-state index in [2.05, 4.69) is 38.0 Å². The Kier molecular flexibility index (Phi) is 9.78. The lowest BCUT2D eigenvalue weighted by atomic mass is 9.93. The second-order valence-corrected chi connectivity index (χ2v) is 20.1. The molecule has 236 valence electrons. The van der Waals surface area contributed by atoms with Crippen molar-refractivity contribution in [3.63, 3.8) is 0 Å². The van der Waals surface area contributed by atoms with Gasteiger partial charge in [0.15, 0.2) is 17.1 Å². The van der Waals surface area contributed by atoms with Gasteiger partial charge in [0.25, 0.3) is 0 Å². The van der Waals surface area contributed by atoms with Gasteiger partial charge >= 0.3 is 0 Å². The number of nitrogens with one attached hydrogen (secondary N) is 1. The number of anilines is 2. The highest BCUT2D eigenvalue weighted by Crippen LogP contribution is 2.82. The van der Waals surface area contributed by atoms with Gasteiger partial charge in [-0.3, -0.25) is 18.7 Å². The molecule has 2 radical (unpaired) electrons. The SMILES string of the molecule is CN(CCOc1ccc(NC([P]2(O)N(C)CC(C)(C)CN2C)[P]2(O)N(C)CC(C)(C)CN2C)cc1F)c1ccccn1. The number of nitrogens with zero attached hydrogens (tertiary/aromatic N) is 6. The van der Waals surface area contributed by atoms with Crippen LogP contribution in [0.25, 0.3) is 0 Å². The van der Waals surface area contributed by atoms with Crippen LogP contribution in [0, 0.1) is 16.6 Å². The molecule has 2 saturated heterocycles. The lowest BCUT2D eigenvalue weighted by Gasteiger charge is -2.64. The molecule has 0 amide bonds. The van der Waals surface area contributed by atoms with Crippen molar-refractivity contribution >= 4 is 27.1 Å². The Bertz CT molecular complexity index is 1150. The average molecular weight is 626 g/mol. The third-order valence-corrected chi connectivity index (χ3v) is 16.3. The molecule has 0 atom stereocenters. The maximum atomic E-state index is 15.4. The maximum Gasteiger partial charge on any atom is 0.167 e. The van der Waals surface area contributed by atoms with E-state index in [1.54, 1.807) is 18.3 Å². The van der Waals surface area contributed by atoms with Crippen molar-refractivity contribution in [2.45, 2.75) is 33.2 Å². The second-order valence-electron chi connectivity index (χ2n) is 13.4. The first kappa shape index (κ1) is 33.2. The number of likely N-dealkylation sites (N-methyl/N-ethyl adjacent to an activating group) is 1. The Morgan fingerprint density at radius 1 is 0.929 bits per heavy atom. The second kappa shape index (κ2) is 12.4. The van der Waals surface area contributed by atoms with Gasteiger partial charge in [0, 0.05) is 51.2 Å². The number of halogens is 1. The van der Waals surface area contributed by atoms with Gasteiger partial charge in [-0.1, -0.05) is 33.8 Å². The van der Waals surface area contributed by atoms with Crippen molar-refractivity contribution in [1.82, 2.24) is 23.7 Å².